The van der Waals surface area contributed by atoms with E-state index in [-0.39, 0.29) is 17.2 Å². The lowest BCUT2D eigenvalue weighted by Gasteiger charge is -2.34. The van der Waals surface area contributed by atoms with E-state index in [0.29, 0.717) is 30.0 Å². The van der Waals surface area contributed by atoms with Crippen LogP contribution in [0.5, 0.6) is 5.75 Å². The van der Waals surface area contributed by atoms with E-state index in [1.165, 1.54) is 29.6 Å². The third-order valence-electron chi connectivity index (χ3n) is 5.12. The minimum Gasteiger partial charge on any atom is -0.497 e. The number of sulfonamides is 1. The van der Waals surface area contributed by atoms with Gasteiger partial charge in [-0.3, -0.25) is 4.79 Å². The number of carbonyl (C=O) groups is 1. The lowest BCUT2D eigenvalue weighted by atomic mass is 10.0. The van der Waals surface area contributed by atoms with E-state index < -0.39 is 21.9 Å². The first-order chi connectivity index (χ1) is 13.8. The Balaban J connectivity index is 1.74. The van der Waals surface area contributed by atoms with E-state index in [2.05, 4.69) is 5.32 Å². The first-order valence-corrected chi connectivity index (χ1v) is 11.0. The number of rotatable bonds is 6. The first-order valence-electron chi connectivity index (χ1n) is 9.53. The van der Waals surface area contributed by atoms with Crippen LogP contribution in [0.15, 0.2) is 47.4 Å². The molecular formula is C21H25FN2O4S. The number of anilines is 1. The zero-order chi connectivity index (χ0) is 21.0. The molecule has 1 heterocycles. The van der Waals surface area contributed by atoms with Crippen molar-refractivity contribution in [3.05, 3.63) is 53.8 Å². The van der Waals surface area contributed by atoms with Crippen LogP contribution in [0.3, 0.4) is 0 Å². The molecule has 0 aliphatic carbocycles. The molecule has 156 valence electrons. The summed E-state index contributed by atoms with van der Waals surface area (Å²) in [6.45, 7) is 2.01. The maximum absolute atomic E-state index is 13.7. The molecule has 2 aromatic rings. The predicted molar refractivity (Wildman–Crippen MR) is 109 cm³/mol. The topological polar surface area (TPSA) is 75.7 Å². The van der Waals surface area contributed by atoms with Crippen molar-refractivity contribution in [3.8, 4) is 5.75 Å². The molecule has 1 atom stereocenters. The van der Waals surface area contributed by atoms with Crippen LogP contribution in [0.4, 0.5) is 10.1 Å². The van der Waals surface area contributed by atoms with Gasteiger partial charge in [-0.1, -0.05) is 12.5 Å². The van der Waals surface area contributed by atoms with Crippen molar-refractivity contribution in [2.45, 2.75) is 43.5 Å². The molecule has 0 unspecified atom stereocenters. The zero-order valence-corrected chi connectivity index (χ0v) is 17.3. The normalized spacial score (nSPS) is 17.7. The van der Waals surface area contributed by atoms with Crippen molar-refractivity contribution in [2.24, 2.45) is 0 Å². The molecule has 3 rings (SSSR count). The quantitative estimate of drug-likeness (QED) is 0.773. The number of hydrogen-bond acceptors (Lipinski definition) is 4. The molecule has 0 spiro atoms. The van der Waals surface area contributed by atoms with Crippen molar-refractivity contribution in [1.82, 2.24) is 4.31 Å². The van der Waals surface area contributed by atoms with E-state index >= 15 is 0 Å². The molecule has 1 aliphatic rings. The second-order valence-electron chi connectivity index (χ2n) is 7.16. The van der Waals surface area contributed by atoms with Crippen LogP contribution in [0.2, 0.25) is 0 Å². The summed E-state index contributed by atoms with van der Waals surface area (Å²) >= 11 is 0. The summed E-state index contributed by atoms with van der Waals surface area (Å²) in [4.78, 5) is 12.7. The largest absolute Gasteiger partial charge is 0.497 e. The van der Waals surface area contributed by atoms with Gasteiger partial charge in [0.2, 0.25) is 15.9 Å². The lowest BCUT2D eigenvalue weighted by Crippen LogP contribution is -2.45. The third kappa shape index (κ3) is 4.94. The van der Waals surface area contributed by atoms with Gasteiger partial charge in [0, 0.05) is 24.7 Å². The van der Waals surface area contributed by atoms with E-state index in [1.54, 1.807) is 31.2 Å². The first kappa shape index (κ1) is 21.3. The minimum absolute atomic E-state index is 0.0187. The number of halogens is 1. The van der Waals surface area contributed by atoms with Gasteiger partial charge in [0.25, 0.3) is 0 Å². The van der Waals surface area contributed by atoms with Gasteiger partial charge in [-0.2, -0.15) is 4.31 Å². The molecule has 1 fully saturated rings. The van der Waals surface area contributed by atoms with Crippen molar-refractivity contribution in [2.75, 3.05) is 19.0 Å². The Morgan fingerprint density at radius 1 is 1.21 bits per heavy atom. The standard InChI is InChI=1S/C21H25FN2O4S/c1-15-6-7-16(13-20(15)22)23-21(25)14-17-5-3-4-12-24(17)29(26,27)19-10-8-18(28-2)9-11-19/h6-11,13,17H,3-5,12,14H2,1-2H3,(H,23,25)/t17-/m0/s1. The summed E-state index contributed by atoms with van der Waals surface area (Å²) in [5, 5.41) is 2.67. The maximum Gasteiger partial charge on any atom is 0.243 e. The summed E-state index contributed by atoms with van der Waals surface area (Å²) in [6.07, 6.45) is 2.22. The van der Waals surface area contributed by atoms with Crippen LogP contribution >= 0.6 is 0 Å². The van der Waals surface area contributed by atoms with Crippen molar-refractivity contribution in [1.29, 1.82) is 0 Å². The molecule has 1 saturated heterocycles. The summed E-state index contributed by atoms with van der Waals surface area (Å²) in [7, 11) is -2.21. The number of piperidine rings is 1. The van der Waals surface area contributed by atoms with Gasteiger partial charge >= 0.3 is 0 Å². The average molecular weight is 421 g/mol. The Bertz CT molecular complexity index is 977. The van der Waals surface area contributed by atoms with Crippen LogP contribution < -0.4 is 10.1 Å². The van der Waals surface area contributed by atoms with Gasteiger partial charge in [0.15, 0.2) is 0 Å². The van der Waals surface area contributed by atoms with Crippen LogP contribution in [-0.2, 0) is 14.8 Å². The summed E-state index contributed by atoms with van der Waals surface area (Å²) in [5.41, 5.74) is 0.852. The molecule has 2 aromatic carbocycles. The zero-order valence-electron chi connectivity index (χ0n) is 16.5. The SMILES string of the molecule is COc1ccc(S(=O)(=O)N2CCCC[C@H]2CC(=O)Nc2ccc(C)c(F)c2)cc1. The van der Waals surface area contributed by atoms with Gasteiger partial charge in [0.05, 0.1) is 12.0 Å². The number of methoxy groups -OCH3 is 1. The van der Waals surface area contributed by atoms with Crippen molar-refractivity contribution in [3.63, 3.8) is 0 Å². The molecule has 0 bridgehead atoms. The summed E-state index contributed by atoms with van der Waals surface area (Å²) < 4.78 is 46.4. The highest BCUT2D eigenvalue weighted by atomic mass is 32.2. The maximum atomic E-state index is 13.7. The number of ether oxygens (including phenoxy) is 1. The monoisotopic (exact) mass is 420 g/mol. The highest BCUT2D eigenvalue weighted by Gasteiger charge is 2.34. The van der Waals surface area contributed by atoms with Crippen LogP contribution in [0, 0.1) is 12.7 Å². The van der Waals surface area contributed by atoms with Gasteiger partial charge in [-0.15, -0.1) is 0 Å². The highest BCUT2D eigenvalue weighted by Crippen LogP contribution is 2.28. The Morgan fingerprint density at radius 2 is 1.93 bits per heavy atom. The Kier molecular flexibility index (Phi) is 6.54. The number of carbonyl (C=O) groups excluding carboxylic acids is 1. The minimum atomic E-state index is -3.73. The lowest BCUT2D eigenvalue weighted by molar-refractivity contribution is -0.117. The molecule has 0 radical (unpaired) electrons. The van der Waals surface area contributed by atoms with Gasteiger partial charge in [-0.05, 0) is 61.7 Å². The van der Waals surface area contributed by atoms with Gasteiger partial charge in [0.1, 0.15) is 11.6 Å². The molecular weight excluding hydrogens is 395 g/mol. The molecule has 1 N–H and O–H groups in total. The number of hydrogen-bond donors (Lipinski definition) is 1. The van der Waals surface area contributed by atoms with Crippen molar-refractivity contribution >= 4 is 21.6 Å². The molecule has 29 heavy (non-hydrogen) atoms. The highest BCUT2D eigenvalue weighted by molar-refractivity contribution is 7.89. The van der Waals surface area contributed by atoms with Crippen LogP contribution in [-0.4, -0.2) is 38.3 Å². The van der Waals surface area contributed by atoms with Crippen LogP contribution in [0.25, 0.3) is 0 Å². The fourth-order valence-electron chi connectivity index (χ4n) is 3.47. The Labute approximate surface area is 170 Å². The molecule has 1 amide bonds. The van der Waals surface area contributed by atoms with E-state index in [1.807, 2.05) is 0 Å². The molecule has 6 nitrogen and oxygen atoms in total. The molecule has 0 saturated carbocycles. The third-order valence-corrected chi connectivity index (χ3v) is 7.08. The smallest absolute Gasteiger partial charge is 0.243 e. The Hall–Kier alpha value is -2.45. The fraction of sp³-hybridized carbons (Fsp3) is 0.381. The van der Waals surface area contributed by atoms with E-state index in [0.717, 1.165) is 12.8 Å². The number of nitrogens with one attached hydrogen (secondary N) is 1. The number of aryl methyl sites for hydroxylation is 1. The second-order valence-corrected chi connectivity index (χ2v) is 9.05. The molecule has 1 aliphatic heterocycles. The predicted octanol–water partition coefficient (Wildman–Crippen LogP) is 3.71. The average Bonchev–Trinajstić information content (AvgIpc) is 2.71. The number of amides is 1. The summed E-state index contributed by atoms with van der Waals surface area (Å²) in [5.74, 6) is -0.164. The van der Waals surface area contributed by atoms with Gasteiger partial charge < -0.3 is 10.1 Å². The molecule has 0 aromatic heterocycles. The van der Waals surface area contributed by atoms with Crippen molar-refractivity contribution < 1.29 is 22.3 Å². The van der Waals surface area contributed by atoms with E-state index in [9.17, 15) is 17.6 Å². The van der Waals surface area contributed by atoms with Crippen LogP contribution in [0.1, 0.15) is 31.2 Å². The summed E-state index contributed by atoms with van der Waals surface area (Å²) in [6, 6.07) is 10.3. The van der Waals surface area contributed by atoms with Gasteiger partial charge in [-0.25, -0.2) is 12.8 Å². The number of benzene rings is 2. The number of nitrogens with zero attached hydrogens (tertiary/aromatic N) is 1. The van der Waals surface area contributed by atoms with E-state index in [4.69, 9.17) is 4.74 Å². The molecule has 8 heteroatoms. The second kappa shape index (κ2) is 8.92. The Morgan fingerprint density at radius 3 is 2.59 bits per heavy atom. The fourth-order valence-corrected chi connectivity index (χ4v) is 5.17.